The van der Waals surface area contributed by atoms with Crippen molar-refractivity contribution in [1.29, 1.82) is 0 Å². The number of phenolic OH excluding ortho intramolecular Hbond substituents is 1. The third-order valence-corrected chi connectivity index (χ3v) is 11.7. The topological polar surface area (TPSA) is 154 Å². The Hall–Kier alpha value is -6.01. The maximum absolute atomic E-state index is 15.3. The van der Waals surface area contributed by atoms with E-state index in [4.69, 9.17) is 16.3 Å². The molecule has 0 aromatic heterocycles. The van der Waals surface area contributed by atoms with Crippen LogP contribution in [0.5, 0.6) is 11.5 Å². The van der Waals surface area contributed by atoms with Crippen molar-refractivity contribution in [3.05, 3.63) is 136 Å². The first-order valence-corrected chi connectivity index (χ1v) is 18.3. The normalized spacial score (nSPS) is 25.6. The highest BCUT2D eigenvalue weighted by Gasteiger charge is 2.70. The number of carboxylic acids is 1. The number of hydrogen-bond donors (Lipinski definition) is 3. The second kappa shape index (κ2) is 14.0. The van der Waals surface area contributed by atoms with Crippen molar-refractivity contribution in [3.63, 3.8) is 0 Å². The number of carbonyl (C=O) groups is 5. The summed E-state index contributed by atoms with van der Waals surface area (Å²) < 4.78 is 19.9. The maximum Gasteiger partial charge on any atom is 0.305 e. The lowest BCUT2D eigenvalue weighted by molar-refractivity contribution is -0.143. The monoisotopic (exact) mass is 763 g/mol. The zero-order valence-electron chi connectivity index (χ0n) is 29.2. The summed E-state index contributed by atoms with van der Waals surface area (Å²) in [6.45, 7) is -0.0662. The van der Waals surface area contributed by atoms with Gasteiger partial charge < -0.3 is 14.9 Å². The van der Waals surface area contributed by atoms with Crippen LogP contribution in [0.25, 0.3) is 0 Å². The van der Waals surface area contributed by atoms with E-state index in [1.807, 2.05) is 36.4 Å². The fourth-order valence-corrected chi connectivity index (χ4v) is 9.22. The molecular weight excluding hydrogens is 729 g/mol. The lowest BCUT2D eigenvalue weighted by atomic mass is 9.49. The number of phenols is 1. The van der Waals surface area contributed by atoms with E-state index in [0.717, 1.165) is 15.5 Å². The summed E-state index contributed by atoms with van der Waals surface area (Å²) in [5.41, 5.74) is 3.72. The van der Waals surface area contributed by atoms with Gasteiger partial charge in [0.15, 0.2) is 0 Å². The Morgan fingerprint density at radius 3 is 2.33 bits per heavy atom. The van der Waals surface area contributed by atoms with E-state index in [9.17, 15) is 33.8 Å². The molecule has 11 nitrogen and oxygen atoms in total. The highest BCUT2D eigenvalue weighted by atomic mass is 35.5. The minimum Gasteiger partial charge on any atom is -0.508 e. The smallest absolute Gasteiger partial charge is 0.305 e. The summed E-state index contributed by atoms with van der Waals surface area (Å²) in [5, 5.41) is 22.6. The van der Waals surface area contributed by atoms with Gasteiger partial charge in [0.1, 0.15) is 23.9 Å². The molecule has 2 aliphatic heterocycles. The van der Waals surface area contributed by atoms with Gasteiger partial charge in [0, 0.05) is 29.1 Å². The number of rotatable bonds is 10. The van der Waals surface area contributed by atoms with Crippen LogP contribution in [0.1, 0.15) is 41.9 Å². The molecule has 2 aliphatic carbocycles. The predicted molar refractivity (Wildman–Crippen MR) is 197 cm³/mol. The zero-order valence-corrected chi connectivity index (χ0v) is 30.0. The minimum atomic E-state index is -1.69. The Labute approximate surface area is 319 Å². The maximum atomic E-state index is 15.3. The zero-order chi connectivity index (χ0) is 38.6. The van der Waals surface area contributed by atoms with E-state index in [1.54, 1.807) is 36.4 Å². The molecule has 280 valence electrons. The molecule has 0 unspecified atom stereocenters. The Kier molecular flexibility index (Phi) is 9.16. The number of anilines is 1. The van der Waals surface area contributed by atoms with Gasteiger partial charge in [-0.1, -0.05) is 71.8 Å². The Balaban J connectivity index is 1.28. The van der Waals surface area contributed by atoms with Gasteiger partial charge in [-0.15, -0.1) is 0 Å². The molecule has 0 bridgehead atoms. The molecule has 55 heavy (non-hydrogen) atoms. The molecule has 0 radical (unpaired) electrons. The van der Waals surface area contributed by atoms with Crippen molar-refractivity contribution < 1.29 is 43.3 Å². The van der Waals surface area contributed by atoms with E-state index in [-0.39, 0.29) is 37.4 Å². The standard InChI is InChI=1S/C42H35ClFN3O8/c43-25-8-6-24(7-9-25)42-33(39(52)47(41(42)54)45-27-12-10-26(44)11-13-27)21-32-29(16-17-31-36(32)40(53)46(38(31)51)19-18-35(49)50)37(42)30-15-14-28(20-34(30)48)55-22-23-4-2-1-3-5-23/h1-16,20,31-33,36-37,45,48H,17-19,21-22H2,(H,49,50)/t31-,32+,33-,36-,37+,42+/m0/s1. The molecule has 13 heteroatoms. The molecule has 4 amide bonds. The molecule has 4 aromatic carbocycles. The molecule has 8 rings (SSSR count). The first kappa shape index (κ1) is 36.0. The van der Waals surface area contributed by atoms with Gasteiger partial charge in [-0.05, 0) is 72.4 Å². The van der Waals surface area contributed by atoms with Crippen LogP contribution in [0.2, 0.25) is 5.02 Å². The fourth-order valence-electron chi connectivity index (χ4n) is 9.09. The van der Waals surface area contributed by atoms with E-state index in [0.29, 0.717) is 27.5 Å². The second-order valence-electron chi connectivity index (χ2n) is 14.3. The number of imide groups is 2. The van der Waals surface area contributed by atoms with Crippen molar-refractivity contribution in [3.8, 4) is 11.5 Å². The summed E-state index contributed by atoms with van der Waals surface area (Å²) in [4.78, 5) is 70.3. The molecule has 4 aliphatic rings. The molecule has 2 heterocycles. The summed E-state index contributed by atoms with van der Waals surface area (Å²) in [6.07, 6.45) is 1.53. The molecule has 2 saturated heterocycles. The number of ether oxygens (including phenoxy) is 1. The molecule has 3 fully saturated rings. The lowest BCUT2D eigenvalue weighted by Gasteiger charge is -2.50. The molecule has 6 atom stereocenters. The molecule has 3 N–H and O–H groups in total. The number of hydrazine groups is 1. The highest BCUT2D eigenvalue weighted by molar-refractivity contribution is 6.30. The van der Waals surface area contributed by atoms with E-state index >= 15 is 4.79 Å². The van der Waals surface area contributed by atoms with Gasteiger partial charge in [-0.3, -0.25) is 34.3 Å². The van der Waals surface area contributed by atoms with Gasteiger partial charge in [0.25, 0.3) is 11.8 Å². The number of likely N-dealkylation sites (tertiary alicyclic amines) is 1. The van der Waals surface area contributed by atoms with Gasteiger partial charge in [0.05, 0.1) is 35.3 Å². The average molecular weight is 764 g/mol. The first-order valence-electron chi connectivity index (χ1n) is 17.9. The number of amides is 4. The largest absolute Gasteiger partial charge is 0.508 e. The minimum absolute atomic E-state index is 0.0108. The van der Waals surface area contributed by atoms with Crippen LogP contribution < -0.4 is 10.2 Å². The van der Waals surface area contributed by atoms with Crippen LogP contribution in [-0.4, -0.2) is 56.3 Å². The number of nitrogens with zero attached hydrogens (tertiary/aromatic N) is 2. The van der Waals surface area contributed by atoms with Crippen LogP contribution in [0.4, 0.5) is 10.1 Å². The van der Waals surface area contributed by atoms with Crippen LogP contribution in [0, 0.1) is 29.5 Å². The van der Waals surface area contributed by atoms with Crippen molar-refractivity contribution in [2.75, 3.05) is 12.0 Å². The van der Waals surface area contributed by atoms with Gasteiger partial charge in [0.2, 0.25) is 11.8 Å². The summed E-state index contributed by atoms with van der Waals surface area (Å²) in [7, 11) is 0. The number of aliphatic carboxylic acids is 1. The van der Waals surface area contributed by atoms with Crippen molar-refractivity contribution in [2.45, 2.75) is 37.2 Å². The quantitative estimate of drug-likeness (QED) is 0.126. The molecule has 0 spiro atoms. The van der Waals surface area contributed by atoms with Crippen molar-refractivity contribution >= 4 is 46.9 Å². The van der Waals surface area contributed by atoms with E-state index in [2.05, 4.69) is 5.43 Å². The van der Waals surface area contributed by atoms with Gasteiger partial charge in [-0.2, -0.15) is 5.01 Å². The number of hydrogen-bond acceptors (Lipinski definition) is 8. The number of nitrogens with one attached hydrogen (secondary N) is 1. The van der Waals surface area contributed by atoms with Crippen LogP contribution in [0.3, 0.4) is 0 Å². The number of halogens is 2. The SMILES string of the molecule is O=C(O)CCN1C(=O)[C@H]2[C@H](CC=C3[C@H]2C[C@H]2C(=O)N(Nc4ccc(F)cc4)C(=O)[C@@]2(c2ccc(Cl)cc2)[C@H]3c2ccc(OCc3ccccc3)cc2O)C1=O. The van der Waals surface area contributed by atoms with Gasteiger partial charge >= 0.3 is 5.97 Å². The summed E-state index contributed by atoms with van der Waals surface area (Å²) in [5.74, 6) is -8.39. The molecule has 4 aromatic rings. The van der Waals surface area contributed by atoms with E-state index in [1.165, 1.54) is 30.3 Å². The van der Waals surface area contributed by atoms with Crippen LogP contribution >= 0.6 is 11.6 Å². The van der Waals surface area contributed by atoms with Crippen molar-refractivity contribution in [1.82, 2.24) is 9.91 Å². The number of allylic oxidation sites excluding steroid dienone is 2. The Morgan fingerprint density at radius 2 is 1.64 bits per heavy atom. The van der Waals surface area contributed by atoms with Crippen LogP contribution in [-0.2, 0) is 36.0 Å². The van der Waals surface area contributed by atoms with Crippen molar-refractivity contribution in [2.24, 2.45) is 23.7 Å². The highest BCUT2D eigenvalue weighted by Crippen LogP contribution is 2.65. The van der Waals surface area contributed by atoms with Gasteiger partial charge in [-0.25, -0.2) is 4.39 Å². The fraction of sp³-hybridized carbons (Fsp3) is 0.262. The lowest BCUT2D eigenvalue weighted by Crippen LogP contribution is -2.53. The molecule has 1 saturated carbocycles. The number of carbonyl (C=O) groups excluding carboxylic acids is 4. The second-order valence-corrected chi connectivity index (χ2v) is 14.8. The first-order chi connectivity index (χ1) is 26.5. The van der Waals surface area contributed by atoms with E-state index < -0.39 is 76.8 Å². The third kappa shape index (κ3) is 6.01. The number of benzene rings is 4. The summed E-state index contributed by atoms with van der Waals surface area (Å²) >= 11 is 6.35. The number of fused-ring (bicyclic) bond motifs is 4. The average Bonchev–Trinajstić information content (AvgIpc) is 3.55. The number of aromatic hydroxyl groups is 1. The predicted octanol–water partition coefficient (Wildman–Crippen LogP) is 6.22. The van der Waals surface area contributed by atoms with Crippen LogP contribution in [0.15, 0.2) is 109 Å². The molecular formula is C42H35ClFN3O8. The Bertz CT molecular complexity index is 2250. The Morgan fingerprint density at radius 1 is 0.909 bits per heavy atom. The summed E-state index contributed by atoms with van der Waals surface area (Å²) in [6, 6.07) is 26.0. The number of carboxylic acid groups (broad SMARTS) is 1. The third-order valence-electron chi connectivity index (χ3n) is 11.5.